The number of hydrogen-bond donors (Lipinski definition) is 1. The van der Waals surface area contributed by atoms with Crippen LogP contribution < -0.4 is 21.9 Å². The number of hydrogen-bond acceptors (Lipinski definition) is 7. The Morgan fingerprint density at radius 3 is 2.43 bits per heavy atom. The zero-order valence-electron chi connectivity index (χ0n) is 17.5. The molecule has 162 valence electrons. The molecule has 0 spiro atoms. The molecule has 10 heteroatoms. The molecule has 9 nitrogen and oxygen atoms in total. The van der Waals surface area contributed by atoms with E-state index < -0.39 is 11.2 Å². The van der Waals surface area contributed by atoms with Gasteiger partial charge in [-0.15, -0.1) is 0 Å². The number of carbonyl (C=O) groups excluding carboxylic acids is 1. The van der Waals surface area contributed by atoms with Crippen molar-refractivity contribution in [3.8, 4) is 0 Å². The minimum atomic E-state index is -0.639. The van der Waals surface area contributed by atoms with Crippen molar-refractivity contribution in [2.45, 2.75) is 20.4 Å². The van der Waals surface area contributed by atoms with Gasteiger partial charge >= 0.3 is 5.69 Å². The largest absolute Gasteiger partial charge is 0.384 e. The summed E-state index contributed by atoms with van der Waals surface area (Å²) in [6, 6.07) is 3.90. The highest BCUT2D eigenvalue weighted by Crippen LogP contribution is 2.17. The van der Waals surface area contributed by atoms with Gasteiger partial charge in [-0.2, -0.15) is 0 Å². The van der Waals surface area contributed by atoms with Gasteiger partial charge in [0.25, 0.3) is 5.56 Å². The Morgan fingerprint density at radius 2 is 1.87 bits per heavy atom. The predicted octanol–water partition coefficient (Wildman–Crippen LogP) is 0.948. The second kappa shape index (κ2) is 9.13. The van der Waals surface area contributed by atoms with E-state index in [2.05, 4.69) is 25.8 Å². The molecule has 1 aliphatic rings. The van der Waals surface area contributed by atoms with Gasteiger partial charge in [0.1, 0.15) is 17.2 Å². The van der Waals surface area contributed by atoms with Gasteiger partial charge in [0, 0.05) is 50.4 Å². The topological polar surface area (TPSA) is 106 Å². The second-order valence-corrected chi connectivity index (χ2v) is 8.85. The lowest BCUT2D eigenvalue weighted by atomic mass is 10.1. The van der Waals surface area contributed by atoms with E-state index >= 15 is 0 Å². The lowest BCUT2D eigenvalue weighted by Gasteiger charge is -2.35. The van der Waals surface area contributed by atoms with Crippen molar-refractivity contribution in [1.29, 1.82) is 0 Å². The van der Waals surface area contributed by atoms with E-state index in [0.29, 0.717) is 19.6 Å². The summed E-state index contributed by atoms with van der Waals surface area (Å²) in [6.07, 6.45) is 1.76. The molecule has 1 aliphatic heterocycles. The van der Waals surface area contributed by atoms with Crippen LogP contribution in [0.25, 0.3) is 0 Å². The molecule has 30 heavy (non-hydrogen) atoms. The van der Waals surface area contributed by atoms with Gasteiger partial charge in [0.05, 0.1) is 6.54 Å². The Balaban J connectivity index is 1.74. The van der Waals surface area contributed by atoms with Crippen LogP contribution in [0.4, 0.5) is 11.6 Å². The maximum Gasteiger partial charge on any atom is 0.332 e. The summed E-state index contributed by atoms with van der Waals surface area (Å²) < 4.78 is 3.20. The van der Waals surface area contributed by atoms with E-state index in [4.69, 9.17) is 5.73 Å². The Hall–Kier alpha value is -2.46. The number of nitrogen functional groups attached to an aromatic ring is 1. The van der Waals surface area contributed by atoms with Crippen LogP contribution >= 0.6 is 15.9 Å². The summed E-state index contributed by atoms with van der Waals surface area (Å²) >= 11 is 3.38. The Morgan fingerprint density at radius 1 is 1.20 bits per heavy atom. The van der Waals surface area contributed by atoms with Crippen molar-refractivity contribution >= 4 is 33.3 Å². The summed E-state index contributed by atoms with van der Waals surface area (Å²) in [5, 5.41) is 0. The fourth-order valence-electron chi connectivity index (χ4n) is 3.56. The normalized spacial score (nSPS) is 15.0. The number of anilines is 2. The molecule has 2 N–H and O–H groups in total. The maximum absolute atomic E-state index is 13.0. The number of piperazine rings is 1. The van der Waals surface area contributed by atoms with E-state index in [1.165, 1.54) is 11.6 Å². The Kier molecular flexibility index (Phi) is 6.77. The average Bonchev–Trinajstić information content (AvgIpc) is 2.71. The van der Waals surface area contributed by atoms with Crippen LogP contribution in [-0.4, -0.2) is 57.5 Å². The van der Waals surface area contributed by atoms with Gasteiger partial charge in [0.2, 0.25) is 0 Å². The molecule has 3 heterocycles. The van der Waals surface area contributed by atoms with Gasteiger partial charge in [-0.25, -0.2) is 9.78 Å². The quantitative estimate of drug-likeness (QED) is 0.615. The number of rotatable bonds is 6. The first-order valence-electron chi connectivity index (χ1n) is 9.90. The molecule has 2 aromatic heterocycles. The fourth-order valence-corrected chi connectivity index (χ4v) is 3.79. The van der Waals surface area contributed by atoms with Crippen molar-refractivity contribution < 1.29 is 4.79 Å². The molecule has 0 saturated carbocycles. The summed E-state index contributed by atoms with van der Waals surface area (Å²) in [5.41, 5.74) is 4.87. The highest BCUT2D eigenvalue weighted by atomic mass is 79.9. The van der Waals surface area contributed by atoms with E-state index in [9.17, 15) is 14.4 Å². The first-order chi connectivity index (χ1) is 14.2. The summed E-state index contributed by atoms with van der Waals surface area (Å²) in [7, 11) is 1.38. The molecule has 0 radical (unpaired) electrons. The van der Waals surface area contributed by atoms with Crippen molar-refractivity contribution in [1.82, 2.24) is 19.0 Å². The third kappa shape index (κ3) is 4.65. The number of nitrogens with zero attached hydrogens (tertiary/aromatic N) is 5. The van der Waals surface area contributed by atoms with Crippen molar-refractivity contribution in [2.75, 3.05) is 43.4 Å². The number of Topliss-reactive ketones (excluding diaryl/α,β-unsaturated/α-hetero) is 1. The van der Waals surface area contributed by atoms with Crippen LogP contribution in [0.15, 0.2) is 32.4 Å². The van der Waals surface area contributed by atoms with Crippen LogP contribution in [-0.2, 0) is 13.6 Å². The van der Waals surface area contributed by atoms with E-state index in [0.717, 1.165) is 27.9 Å². The van der Waals surface area contributed by atoms with Crippen LogP contribution in [0, 0.1) is 5.92 Å². The van der Waals surface area contributed by atoms with Gasteiger partial charge in [0.15, 0.2) is 5.78 Å². The summed E-state index contributed by atoms with van der Waals surface area (Å²) in [6.45, 7) is 7.09. The smallest absolute Gasteiger partial charge is 0.332 e. The summed E-state index contributed by atoms with van der Waals surface area (Å²) in [4.78, 5) is 46.5. The van der Waals surface area contributed by atoms with E-state index in [-0.39, 0.29) is 29.6 Å². The molecule has 0 aromatic carbocycles. The standard InChI is InChI=1S/C20H27BrN6O3/c1-13(2)11-27-18(22)17(19(29)24(3)20(27)30)15(28)12-25-6-8-26(9-7-25)16-5-4-14(21)10-23-16/h4-5,10,13H,6-9,11-12,22H2,1-3H3. The average molecular weight is 479 g/mol. The number of aromatic nitrogens is 3. The monoisotopic (exact) mass is 478 g/mol. The lowest BCUT2D eigenvalue weighted by Crippen LogP contribution is -2.49. The first-order valence-corrected chi connectivity index (χ1v) is 10.7. The van der Waals surface area contributed by atoms with E-state index in [1.807, 2.05) is 30.9 Å². The SMILES string of the molecule is CC(C)Cn1c(N)c(C(=O)CN2CCN(c3ccc(Br)cn3)CC2)c(=O)n(C)c1=O. The molecule has 0 atom stereocenters. The molecule has 3 rings (SSSR count). The van der Waals surface area contributed by atoms with Crippen molar-refractivity contribution in [3.05, 3.63) is 49.2 Å². The molecule has 0 unspecified atom stereocenters. The van der Waals surface area contributed by atoms with Crippen molar-refractivity contribution in [2.24, 2.45) is 13.0 Å². The molecule has 1 saturated heterocycles. The number of ketones is 1. The van der Waals surface area contributed by atoms with Crippen molar-refractivity contribution in [3.63, 3.8) is 0 Å². The van der Waals surface area contributed by atoms with Gasteiger partial charge in [-0.3, -0.25) is 23.6 Å². The maximum atomic E-state index is 13.0. The molecule has 0 aliphatic carbocycles. The minimum absolute atomic E-state index is 0.0421. The number of halogens is 1. The molecular formula is C20H27BrN6O3. The molecule has 1 fully saturated rings. The van der Waals surface area contributed by atoms with Crippen LogP contribution in [0.1, 0.15) is 24.2 Å². The first kappa shape index (κ1) is 22.2. The van der Waals surface area contributed by atoms with Crippen LogP contribution in [0.3, 0.4) is 0 Å². The number of nitrogens with two attached hydrogens (primary N) is 1. The van der Waals surface area contributed by atoms with Crippen LogP contribution in [0.2, 0.25) is 0 Å². The lowest BCUT2D eigenvalue weighted by molar-refractivity contribution is 0.0924. The van der Waals surface area contributed by atoms with Gasteiger partial charge in [-0.05, 0) is 34.0 Å². The number of pyridine rings is 1. The highest BCUT2D eigenvalue weighted by molar-refractivity contribution is 9.10. The molecule has 0 bridgehead atoms. The molecular weight excluding hydrogens is 452 g/mol. The van der Waals surface area contributed by atoms with Gasteiger partial charge in [-0.1, -0.05) is 13.8 Å². The number of carbonyl (C=O) groups is 1. The Bertz CT molecular complexity index is 1040. The second-order valence-electron chi connectivity index (χ2n) is 7.93. The van der Waals surface area contributed by atoms with E-state index in [1.54, 1.807) is 6.20 Å². The zero-order chi connectivity index (χ0) is 22.0. The summed E-state index contributed by atoms with van der Waals surface area (Å²) in [5.74, 6) is 0.633. The minimum Gasteiger partial charge on any atom is -0.384 e. The predicted molar refractivity (Wildman–Crippen MR) is 120 cm³/mol. The highest BCUT2D eigenvalue weighted by Gasteiger charge is 2.25. The molecule has 2 aromatic rings. The van der Waals surface area contributed by atoms with Gasteiger partial charge < -0.3 is 10.6 Å². The molecule has 0 amide bonds. The van der Waals surface area contributed by atoms with Crippen LogP contribution in [0.5, 0.6) is 0 Å². The Labute approximate surface area is 183 Å². The third-order valence-corrected chi connectivity index (χ3v) is 5.65. The third-order valence-electron chi connectivity index (χ3n) is 5.19. The zero-order valence-corrected chi connectivity index (χ0v) is 19.1. The fraction of sp³-hybridized carbons (Fsp3) is 0.500.